The summed E-state index contributed by atoms with van der Waals surface area (Å²) in [5.41, 5.74) is -0.836. The number of H-pyrrole nitrogens is 1. The zero-order valence-electron chi connectivity index (χ0n) is 13.3. The van der Waals surface area contributed by atoms with Gasteiger partial charge in [0.05, 0.1) is 17.7 Å². The fourth-order valence-corrected chi connectivity index (χ4v) is 2.82. The molecule has 140 valence electrons. The van der Waals surface area contributed by atoms with Crippen molar-refractivity contribution in [2.24, 2.45) is 0 Å². The summed E-state index contributed by atoms with van der Waals surface area (Å²) in [7, 11) is 0. The Bertz CT molecular complexity index is 878. The van der Waals surface area contributed by atoms with Gasteiger partial charge in [0.25, 0.3) is 0 Å². The quantitative estimate of drug-likeness (QED) is 0.373. The van der Waals surface area contributed by atoms with Gasteiger partial charge in [0, 0.05) is 11.5 Å². The maximum absolute atomic E-state index is 11.7. The topological polar surface area (TPSA) is 170 Å². The number of ether oxygens (including phenoxy) is 2. The molecule has 26 heavy (non-hydrogen) atoms. The van der Waals surface area contributed by atoms with Crippen molar-refractivity contribution < 1.29 is 39.8 Å². The highest BCUT2D eigenvalue weighted by Crippen LogP contribution is 2.29. The molecule has 0 amide bonds. The number of carbonyl (C=O) groups is 1. The Morgan fingerprint density at radius 3 is 2.58 bits per heavy atom. The first kappa shape index (κ1) is 18.3. The summed E-state index contributed by atoms with van der Waals surface area (Å²) in [6, 6.07) is 5.29. The molecule has 0 aliphatic carbocycles. The molecule has 2 aromatic rings. The summed E-state index contributed by atoms with van der Waals surface area (Å²) in [5.74, 6) is -1.31. The minimum Gasteiger partial charge on any atom is -0.478 e. The van der Waals surface area contributed by atoms with E-state index in [0.717, 1.165) is 6.07 Å². The van der Waals surface area contributed by atoms with Crippen LogP contribution in [0.15, 0.2) is 29.1 Å². The monoisotopic (exact) mass is 367 g/mol. The van der Waals surface area contributed by atoms with Gasteiger partial charge in [-0.05, 0) is 6.07 Å². The van der Waals surface area contributed by atoms with Crippen molar-refractivity contribution in [3.63, 3.8) is 0 Å². The number of nitrogens with one attached hydrogen (secondary N) is 1. The smallest absolute Gasteiger partial charge is 0.336 e. The van der Waals surface area contributed by atoms with E-state index in [-0.39, 0.29) is 22.2 Å². The number of pyridine rings is 1. The summed E-state index contributed by atoms with van der Waals surface area (Å²) in [6.07, 6.45) is -7.44. The first-order valence-corrected chi connectivity index (χ1v) is 7.70. The highest BCUT2D eigenvalue weighted by atomic mass is 16.7. The van der Waals surface area contributed by atoms with Gasteiger partial charge >= 0.3 is 5.97 Å². The summed E-state index contributed by atoms with van der Waals surface area (Å²) >= 11 is 0. The summed E-state index contributed by atoms with van der Waals surface area (Å²) in [6.45, 7) is -0.625. The van der Waals surface area contributed by atoms with Crippen LogP contribution in [0.5, 0.6) is 5.75 Å². The zero-order chi connectivity index (χ0) is 19.0. The first-order valence-electron chi connectivity index (χ1n) is 7.70. The predicted molar refractivity (Wildman–Crippen MR) is 85.9 cm³/mol. The molecule has 0 unspecified atom stereocenters. The summed E-state index contributed by atoms with van der Waals surface area (Å²) < 4.78 is 10.8. The fraction of sp³-hybridized carbons (Fsp3) is 0.375. The van der Waals surface area contributed by atoms with E-state index in [9.17, 15) is 35.1 Å². The van der Waals surface area contributed by atoms with Crippen LogP contribution in [0.1, 0.15) is 10.4 Å². The van der Waals surface area contributed by atoms with E-state index in [1.165, 1.54) is 18.2 Å². The van der Waals surface area contributed by atoms with Gasteiger partial charge in [-0.3, -0.25) is 4.79 Å². The van der Waals surface area contributed by atoms with Crippen molar-refractivity contribution in [1.29, 1.82) is 0 Å². The number of carboxylic acids is 1. The lowest BCUT2D eigenvalue weighted by Crippen LogP contribution is -2.60. The molecule has 0 radical (unpaired) electrons. The fourth-order valence-electron chi connectivity index (χ4n) is 2.82. The molecule has 5 atom stereocenters. The Kier molecular flexibility index (Phi) is 4.94. The van der Waals surface area contributed by atoms with Gasteiger partial charge in [-0.15, -0.1) is 0 Å². The van der Waals surface area contributed by atoms with E-state index in [1.807, 2.05) is 0 Å². The number of fused-ring (bicyclic) bond motifs is 1. The Balaban J connectivity index is 2.01. The second kappa shape index (κ2) is 7.02. The number of aliphatic hydroxyl groups excluding tert-OH is 4. The highest BCUT2D eigenvalue weighted by molar-refractivity contribution is 6.03. The Labute approximate surface area is 145 Å². The Morgan fingerprint density at radius 1 is 1.19 bits per heavy atom. The molecule has 1 aliphatic heterocycles. The van der Waals surface area contributed by atoms with Crippen LogP contribution in [-0.2, 0) is 4.74 Å². The van der Waals surface area contributed by atoms with E-state index >= 15 is 0 Å². The molecule has 1 aliphatic rings. The number of rotatable bonds is 4. The van der Waals surface area contributed by atoms with Crippen molar-refractivity contribution in [3.05, 3.63) is 40.2 Å². The molecule has 0 spiro atoms. The molecule has 1 aromatic carbocycles. The minimum atomic E-state index is -1.64. The van der Waals surface area contributed by atoms with E-state index in [1.54, 1.807) is 0 Å². The van der Waals surface area contributed by atoms with Crippen LogP contribution < -0.4 is 10.3 Å². The Morgan fingerprint density at radius 2 is 1.92 bits per heavy atom. The van der Waals surface area contributed by atoms with Crippen LogP contribution in [0.2, 0.25) is 0 Å². The molecular formula is C16H17NO9. The third kappa shape index (κ3) is 3.16. The molecule has 2 heterocycles. The number of benzene rings is 1. The molecule has 1 saturated heterocycles. The third-order valence-electron chi connectivity index (χ3n) is 4.16. The number of hydrogen-bond acceptors (Lipinski definition) is 8. The van der Waals surface area contributed by atoms with Crippen LogP contribution in [0.25, 0.3) is 10.9 Å². The number of aromatic carboxylic acids is 1. The number of aromatic amines is 1. The lowest BCUT2D eigenvalue weighted by atomic mass is 9.99. The van der Waals surface area contributed by atoms with Gasteiger partial charge in [-0.2, -0.15) is 0 Å². The van der Waals surface area contributed by atoms with E-state index in [4.69, 9.17) is 9.47 Å². The summed E-state index contributed by atoms with van der Waals surface area (Å²) in [5, 5.41) is 48.3. The van der Waals surface area contributed by atoms with Crippen LogP contribution in [0.4, 0.5) is 0 Å². The molecule has 6 N–H and O–H groups in total. The van der Waals surface area contributed by atoms with Gasteiger partial charge in [0.1, 0.15) is 30.2 Å². The van der Waals surface area contributed by atoms with Crippen LogP contribution >= 0.6 is 0 Å². The van der Waals surface area contributed by atoms with Crippen molar-refractivity contribution >= 4 is 16.9 Å². The number of aliphatic hydroxyl groups is 4. The number of carboxylic acid groups (broad SMARTS) is 1. The maximum atomic E-state index is 11.7. The molecule has 10 heteroatoms. The van der Waals surface area contributed by atoms with Gasteiger partial charge in [-0.25, -0.2) is 4.79 Å². The molecular weight excluding hydrogens is 350 g/mol. The molecule has 3 rings (SSSR count). The van der Waals surface area contributed by atoms with Crippen LogP contribution in [0.3, 0.4) is 0 Å². The van der Waals surface area contributed by atoms with Crippen LogP contribution in [0, 0.1) is 0 Å². The second-order valence-corrected chi connectivity index (χ2v) is 5.85. The number of hydrogen-bond donors (Lipinski definition) is 6. The SMILES string of the molecule is O=C(O)c1cc(=O)[nH]c2c(O[C@@H]3O[C@H](CO)[C@@H](O)[C@H](O)[C@H]3O)cccc12. The minimum absolute atomic E-state index is 0.00738. The van der Waals surface area contributed by atoms with Crippen molar-refractivity contribution in [2.45, 2.75) is 30.7 Å². The van der Waals surface area contributed by atoms with Crippen molar-refractivity contribution in [1.82, 2.24) is 4.98 Å². The predicted octanol–water partition coefficient (Wildman–Crippen LogP) is -1.59. The molecule has 1 aromatic heterocycles. The largest absolute Gasteiger partial charge is 0.478 e. The van der Waals surface area contributed by atoms with Gasteiger partial charge in [0.15, 0.2) is 0 Å². The molecule has 0 bridgehead atoms. The maximum Gasteiger partial charge on any atom is 0.336 e. The highest BCUT2D eigenvalue weighted by Gasteiger charge is 2.44. The van der Waals surface area contributed by atoms with Crippen molar-refractivity contribution in [2.75, 3.05) is 6.61 Å². The average Bonchev–Trinajstić information content (AvgIpc) is 2.61. The number of aromatic nitrogens is 1. The summed E-state index contributed by atoms with van der Waals surface area (Å²) in [4.78, 5) is 25.5. The molecule has 0 saturated carbocycles. The van der Waals surface area contributed by atoms with Gasteiger partial charge in [0.2, 0.25) is 11.8 Å². The van der Waals surface area contributed by atoms with E-state index < -0.39 is 48.8 Å². The van der Waals surface area contributed by atoms with E-state index in [0.29, 0.717) is 0 Å². The second-order valence-electron chi connectivity index (χ2n) is 5.85. The lowest BCUT2D eigenvalue weighted by molar-refractivity contribution is -0.277. The lowest BCUT2D eigenvalue weighted by Gasteiger charge is -2.39. The van der Waals surface area contributed by atoms with Gasteiger partial charge < -0.3 is 40.0 Å². The standard InChI is InChI=1S/C16H17NO9/c18-5-9-12(20)13(21)14(22)16(26-9)25-8-3-1-2-6-7(15(23)24)4-10(19)17-11(6)8/h1-4,9,12-14,16,18,20-22H,5H2,(H,17,19)(H,23,24)/t9-,12-,13+,14-,16-/m1/s1. The average molecular weight is 367 g/mol. The molecule has 10 nitrogen and oxygen atoms in total. The van der Waals surface area contributed by atoms with Crippen molar-refractivity contribution in [3.8, 4) is 5.75 Å². The normalized spacial score (nSPS) is 28.8. The van der Waals surface area contributed by atoms with Crippen LogP contribution in [-0.4, -0.2) is 73.8 Å². The molecule has 1 fully saturated rings. The van der Waals surface area contributed by atoms with E-state index in [2.05, 4.69) is 4.98 Å². The Hall–Kier alpha value is -2.50. The number of para-hydroxylation sites is 1. The zero-order valence-corrected chi connectivity index (χ0v) is 13.3. The third-order valence-corrected chi connectivity index (χ3v) is 4.16. The first-order chi connectivity index (χ1) is 12.3. The van der Waals surface area contributed by atoms with Gasteiger partial charge in [-0.1, -0.05) is 12.1 Å².